The van der Waals surface area contributed by atoms with Gasteiger partial charge in [-0.05, 0) is 30.2 Å². The molecule has 1 heterocycles. The smallest absolute Gasteiger partial charge is 0.338 e. The van der Waals surface area contributed by atoms with E-state index in [0.29, 0.717) is 24.4 Å². The van der Waals surface area contributed by atoms with Crippen molar-refractivity contribution in [2.45, 2.75) is 19.5 Å². The van der Waals surface area contributed by atoms with Gasteiger partial charge in [0.15, 0.2) is 0 Å². The molecule has 29 heavy (non-hydrogen) atoms. The van der Waals surface area contributed by atoms with Gasteiger partial charge in [0.2, 0.25) is 0 Å². The second-order valence-corrected chi connectivity index (χ2v) is 6.51. The molecule has 7 nitrogen and oxygen atoms in total. The minimum absolute atomic E-state index is 0.254. The normalized spacial score (nSPS) is 16.1. The zero-order valence-electron chi connectivity index (χ0n) is 16.5. The van der Waals surface area contributed by atoms with E-state index in [-0.39, 0.29) is 12.6 Å². The van der Waals surface area contributed by atoms with Crippen molar-refractivity contribution in [1.29, 1.82) is 0 Å². The van der Waals surface area contributed by atoms with Crippen LogP contribution in [-0.2, 0) is 16.1 Å². The standard InChI is InChI=1S/C22H25N3O4/c1-3-29-21(26)19-18(14-23-13-15-9-11-17(28-2)12-10-15)24-22(27)25-20(19)16-7-5-4-6-8-16/h4-12,20,23H,3,13-14H2,1-2H3,(H2,24,25,27)/t20-/m0/s1. The number of urea groups is 1. The van der Waals surface area contributed by atoms with E-state index >= 15 is 0 Å². The number of rotatable bonds is 8. The number of amides is 2. The highest BCUT2D eigenvalue weighted by Gasteiger charge is 2.33. The Morgan fingerprint density at radius 3 is 2.45 bits per heavy atom. The molecule has 1 aliphatic rings. The third-order valence-electron chi connectivity index (χ3n) is 4.57. The molecule has 1 aliphatic heterocycles. The van der Waals surface area contributed by atoms with Gasteiger partial charge in [-0.1, -0.05) is 42.5 Å². The second-order valence-electron chi connectivity index (χ2n) is 6.51. The van der Waals surface area contributed by atoms with E-state index in [0.717, 1.165) is 16.9 Å². The molecule has 0 fully saturated rings. The highest BCUT2D eigenvalue weighted by molar-refractivity contribution is 5.95. The lowest BCUT2D eigenvalue weighted by Gasteiger charge is -2.29. The van der Waals surface area contributed by atoms with Crippen LogP contribution in [0.1, 0.15) is 24.1 Å². The van der Waals surface area contributed by atoms with Crippen LogP contribution in [-0.4, -0.2) is 32.3 Å². The van der Waals surface area contributed by atoms with E-state index in [9.17, 15) is 9.59 Å². The van der Waals surface area contributed by atoms with Crippen molar-refractivity contribution in [1.82, 2.24) is 16.0 Å². The van der Waals surface area contributed by atoms with Gasteiger partial charge in [-0.3, -0.25) is 0 Å². The van der Waals surface area contributed by atoms with Crippen LogP contribution in [0.4, 0.5) is 4.79 Å². The van der Waals surface area contributed by atoms with Crippen LogP contribution < -0.4 is 20.7 Å². The van der Waals surface area contributed by atoms with Gasteiger partial charge >= 0.3 is 12.0 Å². The minimum atomic E-state index is -0.568. The quantitative estimate of drug-likeness (QED) is 0.598. The number of carbonyl (C=O) groups is 2. The van der Waals surface area contributed by atoms with Crippen LogP contribution in [0.3, 0.4) is 0 Å². The van der Waals surface area contributed by atoms with Crippen molar-refractivity contribution in [2.24, 2.45) is 0 Å². The molecular formula is C22H25N3O4. The zero-order chi connectivity index (χ0) is 20.6. The summed E-state index contributed by atoms with van der Waals surface area (Å²) in [7, 11) is 1.62. The fourth-order valence-corrected chi connectivity index (χ4v) is 3.18. The fraction of sp³-hybridized carbons (Fsp3) is 0.273. The van der Waals surface area contributed by atoms with Gasteiger partial charge < -0.3 is 25.4 Å². The molecular weight excluding hydrogens is 370 g/mol. The third kappa shape index (κ3) is 5.14. The van der Waals surface area contributed by atoms with E-state index in [2.05, 4.69) is 16.0 Å². The lowest BCUT2D eigenvalue weighted by molar-refractivity contribution is -0.139. The van der Waals surface area contributed by atoms with Gasteiger partial charge in [0.25, 0.3) is 0 Å². The molecule has 7 heteroatoms. The summed E-state index contributed by atoms with van der Waals surface area (Å²) >= 11 is 0. The summed E-state index contributed by atoms with van der Waals surface area (Å²) in [5.74, 6) is 0.340. The number of ether oxygens (including phenoxy) is 2. The molecule has 0 spiro atoms. The first-order valence-corrected chi connectivity index (χ1v) is 9.48. The molecule has 3 rings (SSSR count). The Morgan fingerprint density at radius 2 is 1.79 bits per heavy atom. The van der Waals surface area contributed by atoms with E-state index in [1.54, 1.807) is 14.0 Å². The predicted octanol–water partition coefficient (Wildman–Crippen LogP) is 2.66. The Bertz CT molecular complexity index is 879. The van der Waals surface area contributed by atoms with Crippen molar-refractivity contribution >= 4 is 12.0 Å². The fourth-order valence-electron chi connectivity index (χ4n) is 3.18. The number of nitrogens with one attached hydrogen (secondary N) is 3. The second kappa shape index (κ2) is 9.75. The Morgan fingerprint density at radius 1 is 1.07 bits per heavy atom. The molecule has 2 aromatic carbocycles. The summed E-state index contributed by atoms with van der Waals surface area (Å²) in [6, 6.07) is 16.1. The lowest BCUT2D eigenvalue weighted by atomic mass is 9.95. The molecule has 0 radical (unpaired) electrons. The molecule has 152 valence electrons. The molecule has 2 aromatic rings. The Hall–Kier alpha value is -3.32. The highest BCUT2D eigenvalue weighted by Crippen LogP contribution is 2.27. The van der Waals surface area contributed by atoms with Crippen LogP contribution in [0.15, 0.2) is 65.9 Å². The molecule has 0 bridgehead atoms. The molecule has 2 amide bonds. The first-order chi connectivity index (χ1) is 14.1. The SMILES string of the molecule is CCOC(=O)C1=C(CNCc2ccc(OC)cc2)NC(=O)N[C@H]1c1ccccc1. The first-order valence-electron chi connectivity index (χ1n) is 9.48. The summed E-state index contributed by atoms with van der Waals surface area (Å²) in [5, 5.41) is 8.86. The van der Waals surface area contributed by atoms with Crippen molar-refractivity contribution in [3.05, 3.63) is 77.0 Å². The summed E-state index contributed by atoms with van der Waals surface area (Å²) in [4.78, 5) is 24.9. The average Bonchev–Trinajstić information content (AvgIpc) is 2.74. The predicted molar refractivity (Wildman–Crippen MR) is 109 cm³/mol. The van der Waals surface area contributed by atoms with Crippen LogP contribution in [0.25, 0.3) is 0 Å². The van der Waals surface area contributed by atoms with Crippen LogP contribution in [0, 0.1) is 0 Å². The van der Waals surface area contributed by atoms with E-state index in [1.807, 2.05) is 54.6 Å². The monoisotopic (exact) mass is 395 g/mol. The maximum Gasteiger partial charge on any atom is 0.338 e. The van der Waals surface area contributed by atoms with Crippen LogP contribution >= 0.6 is 0 Å². The summed E-state index contributed by atoms with van der Waals surface area (Å²) in [6.07, 6.45) is 0. The summed E-state index contributed by atoms with van der Waals surface area (Å²) in [6.45, 7) is 2.90. The van der Waals surface area contributed by atoms with Crippen molar-refractivity contribution in [3.63, 3.8) is 0 Å². The highest BCUT2D eigenvalue weighted by atomic mass is 16.5. The molecule has 3 N–H and O–H groups in total. The third-order valence-corrected chi connectivity index (χ3v) is 4.57. The van der Waals surface area contributed by atoms with Crippen molar-refractivity contribution in [2.75, 3.05) is 20.3 Å². The van der Waals surface area contributed by atoms with Crippen LogP contribution in [0.5, 0.6) is 5.75 Å². The largest absolute Gasteiger partial charge is 0.497 e. The van der Waals surface area contributed by atoms with E-state index in [4.69, 9.17) is 9.47 Å². The van der Waals surface area contributed by atoms with Gasteiger partial charge in [0.05, 0.1) is 25.3 Å². The number of esters is 1. The molecule has 0 unspecified atom stereocenters. The van der Waals surface area contributed by atoms with Gasteiger partial charge in [-0.2, -0.15) is 0 Å². The van der Waals surface area contributed by atoms with Gasteiger partial charge in [-0.25, -0.2) is 9.59 Å². The molecule has 0 aromatic heterocycles. The first kappa shape index (κ1) is 20.4. The Balaban J connectivity index is 1.81. The maximum absolute atomic E-state index is 12.7. The average molecular weight is 395 g/mol. The number of hydrogen-bond donors (Lipinski definition) is 3. The van der Waals surface area contributed by atoms with Gasteiger partial charge in [0, 0.05) is 18.8 Å². The molecule has 0 saturated carbocycles. The Kier molecular flexibility index (Phi) is 6.86. The summed E-state index contributed by atoms with van der Waals surface area (Å²) in [5.41, 5.74) is 2.79. The Labute approximate surface area is 170 Å². The summed E-state index contributed by atoms with van der Waals surface area (Å²) < 4.78 is 10.4. The number of methoxy groups -OCH3 is 1. The van der Waals surface area contributed by atoms with Crippen molar-refractivity contribution < 1.29 is 19.1 Å². The molecule has 0 saturated heterocycles. The molecule has 1 atom stereocenters. The maximum atomic E-state index is 12.7. The van der Waals surface area contributed by atoms with E-state index < -0.39 is 12.0 Å². The minimum Gasteiger partial charge on any atom is -0.497 e. The van der Waals surface area contributed by atoms with Gasteiger partial charge in [0.1, 0.15) is 5.75 Å². The molecule has 0 aliphatic carbocycles. The zero-order valence-corrected chi connectivity index (χ0v) is 16.5. The topological polar surface area (TPSA) is 88.7 Å². The van der Waals surface area contributed by atoms with Gasteiger partial charge in [-0.15, -0.1) is 0 Å². The number of carbonyl (C=O) groups excluding carboxylic acids is 2. The van der Waals surface area contributed by atoms with Crippen LogP contribution in [0.2, 0.25) is 0 Å². The number of hydrogen-bond acceptors (Lipinski definition) is 5. The number of benzene rings is 2. The van der Waals surface area contributed by atoms with Crippen molar-refractivity contribution in [3.8, 4) is 5.75 Å². The van der Waals surface area contributed by atoms with E-state index in [1.165, 1.54) is 0 Å². The lowest BCUT2D eigenvalue weighted by Crippen LogP contribution is -2.48.